The molecule has 0 unspecified atom stereocenters. The summed E-state index contributed by atoms with van der Waals surface area (Å²) in [6.07, 6.45) is 0.515. The van der Waals surface area contributed by atoms with E-state index in [0.717, 1.165) is 0 Å². The number of hydrogen-bond acceptors (Lipinski definition) is 5. The SMILES string of the molecule is CCCS(=O)(=O)Nc1ccc(NC(=O)c2ccc(S(=O)(=O)C(C)C)cc2)cc1. The van der Waals surface area contributed by atoms with Gasteiger partial charge in [-0.3, -0.25) is 9.52 Å². The van der Waals surface area contributed by atoms with Gasteiger partial charge in [-0.1, -0.05) is 6.92 Å². The van der Waals surface area contributed by atoms with Crippen LogP contribution in [0.5, 0.6) is 0 Å². The Hall–Kier alpha value is -2.39. The molecule has 0 bridgehead atoms. The van der Waals surface area contributed by atoms with Crippen molar-refractivity contribution < 1.29 is 21.6 Å². The van der Waals surface area contributed by atoms with Crippen LogP contribution in [0.1, 0.15) is 37.6 Å². The number of nitrogens with one attached hydrogen (secondary N) is 2. The van der Waals surface area contributed by atoms with Gasteiger partial charge in [0, 0.05) is 16.9 Å². The maximum atomic E-state index is 12.3. The van der Waals surface area contributed by atoms with Crippen LogP contribution in [0.4, 0.5) is 11.4 Å². The minimum absolute atomic E-state index is 0.0357. The number of benzene rings is 2. The molecule has 0 fully saturated rings. The van der Waals surface area contributed by atoms with E-state index < -0.39 is 31.0 Å². The number of carbonyl (C=O) groups excluding carboxylic acids is 1. The van der Waals surface area contributed by atoms with E-state index in [4.69, 9.17) is 0 Å². The van der Waals surface area contributed by atoms with E-state index in [2.05, 4.69) is 10.0 Å². The summed E-state index contributed by atoms with van der Waals surface area (Å²) in [6.45, 7) is 4.98. The Balaban J connectivity index is 2.07. The molecule has 0 heterocycles. The molecule has 1 amide bonds. The van der Waals surface area contributed by atoms with Crippen molar-refractivity contribution in [1.29, 1.82) is 0 Å². The smallest absolute Gasteiger partial charge is 0.255 e. The van der Waals surface area contributed by atoms with Crippen molar-refractivity contribution in [3.63, 3.8) is 0 Å². The van der Waals surface area contributed by atoms with Gasteiger partial charge in [0.05, 0.1) is 15.9 Å². The zero-order valence-corrected chi connectivity index (χ0v) is 17.6. The number of anilines is 2. The Kier molecular flexibility index (Phi) is 6.84. The van der Waals surface area contributed by atoms with Crippen molar-refractivity contribution in [2.24, 2.45) is 0 Å². The number of sulfone groups is 1. The lowest BCUT2D eigenvalue weighted by Gasteiger charge is -2.10. The normalized spacial score (nSPS) is 12.0. The number of rotatable bonds is 8. The summed E-state index contributed by atoms with van der Waals surface area (Å²) >= 11 is 0. The van der Waals surface area contributed by atoms with Crippen molar-refractivity contribution >= 4 is 37.1 Å². The largest absolute Gasteiger partial charge is 0.322 e. The molecule has 0 aromatic heterocycles. The highest BCUT2D eigenvalue weighted by molar-refractivity contribution is 7.92. The van der Waals surface area contributed by atoms with E-state index in [9.17, 15) is 21.6 Å². The van der Waals surface area contributed by atoms with E-state index in [-0.39, 0.29) is 10.6 Å². The highest BCUT2D eigenvalue weighted by Gasteiger charge is 2.19. The first kappa shape index (κ1) is 21.9. The molecule has 0 radical (unpaired) electrons. The fourth-order valence-corrected chi connectivity index (χ4v) is 4.59. The molecule has 0 atom stereocenters. The van der Waals surface area contributed by atoms with E-state index in [1.807, 2.05) is 0 Å². The van der Waals surface area contributed by atoms with Crippen LogP contribution >= 0.6 is 0 Å². The monoisotopic (exact) mass is 424 g/mol. The highest BCUT2D eigenvalue weighted by Crippen LogP contribution is 2.19. The van der Waals surface area contributed by atoms with Crippen LogP contribution < -0.4 is 10.0 Å². The molecule has 2 aromatic carbocycles. The van der Waals surface area contributed by atoms with Gasteiger partial charge in [0.15, 0.2) is 9.84 Å². The van der Waals surface area contributed by atoms with Gasteiger partial charge in [-0.25, -0.2) is 16.8 Å². The summed E-state index contributed by atoms with van der Waals surface area (Å²) in [4.78, 5) is 12.5. The Morgan fingerprint density at radius 1 is 0.893 bits per heavy atom. The van der Waals surface area contributed by atoms with E-state index >= 15 is 0 Å². The summed E-state index contributed by atoms with van der Waals surface area (Å²) in [5.41, 5.74) is 1.22. The first-order valence-electron chi connectivity index (χ1n) is 8.81. The topological polar surface area (TPSA) is 109 Å². The minimum atomic E-state index is -3.39. The highest BCUT2D eigenvalue weighted by atomic mass is 32.2. The summed E-state index contributed by atoms with van der Waals surface area (Å²) in [5.74, 6) is -0.360. The van der Waals surface area contributed by atoms with Crippen LogP contribution in [0.2, 0.25) is 0 Å². The Labute approximate surface area is 166 Å². The van der Waals surface area contributed by atoms with Crippen molar-refractivity contribution in [2.45, 2.75) is 37.3 Å². The van der Waals surface area contributed by atoms with Gasteiger partial charge in [0.2, 0.25) is 10.0 Å². The van der Waals surface area contributed by atoms with Crippen LogP contribution in [0.3, 0.4) is 0 Å². The maximum absolute atomic E-state index is 12.3. The van der Waals surface area contributed by atoms with E-state index in [0.29, 0.717) is 23.4 Å². The Morgan fingerprint density at radius 3 is 1.93 bits per heavy atom. The van der Waals surface area contributed by atoms with Gasteiger partial charge < -0.3 is 5.32 Å². The molecular weight excluding hydrogens is 400 g/mol. The zero-order chi connectivity index (χ0) is 20.9. The van der Waals surface area contributed by atoms with Crippen LogP contribution in [0.15, 0.2) is 53.4 Å². The van der Waals surface area contributed by atoms with Crippen molar-refractivity contribution in [3.05, 3.63) is 54.1 Å². The first-order chi connectivity index (χ1) is 13.0. The maximum Gasteiger partial charge on any atom is 0.255 e. The second-order valence-corrected chi connectivity index (χ2v) is 10.9. The molecule has 28 heavy (non-hydrogen) atoms. The van der Waals surface area contributed by atoms with Crippen LogP contribution in [0, 0.1) is 0 Å². The van der Waals surface area contributed by atoms with E-state index in [1.165, 1.54) is 24.3 Å². The number of hydrogen-bond donors (Lipinski definition) is 2. The van der Waals surface area contributed by atoms with Gasteiger partial charge in [0.1, 0.15) is 0 Å². The average Bonchev–Trinajstić information content (AvgIpc) is 2.63. The molecule has 0 aliphatic rings. The second-order valence-electron chi connectivity index (χ2n) is 6.57. The molecular formula is C19H24N2O5S2. The first-order valence-corrected chi connectivity index (χ1v) is 12.0. The van der Waals surface area contributed by atoms with Gasteiger partial charge >= 0.3 is 0 Å². The third-order valence-electron chi connectivity index (χ3n) is 3.95. The van der Waals surface area contributed by atoms with Crippen LogP contribution in [-0.4, -0.2) is 33.7 Å². The lowest BCUT2D eigenvalue weighted by atomic mass is 10.2. The minimum Gasteiger partial charge on any atom is -0.322 e. The molecule has 152 valence electrons. The quantitative estimate of drug-likeness (QED) is 0.676. The molecule has 0 aliphatic carbocycles. The molecule has 0 spiro atoms. The lowest BCUT2D eigenvalue weighted by Crippen LogP contribution is -2.16. The van der Waals surface area contributed by atoms with Crippen molar-refractivity contribution in [3.8, 4) is 0 Å². The Bertz CT molecular complexity index is 1030. The molecule has 0 aliphatic heterocycles. The van der Waals surface area contributed by atoms with Gasteiger partial charge in [-0.05, 0) is 68.8 Å². The fraction of sp³-hybridized carbons (Fsp3) is 0.316. The molecule has 7 nitrogen and oxygen atoms in total. The summed E-state index contributed by atoms with van der Waals surface area (Å²) in [6, 6.07) is 12.0. The average molecular weight is 425 g/mol. The molecule has 2 aromatic rings. The lowest BCUT2D eigenvalue weighted by molar-refractivity contribution is 0.102. The summed E-state index contributed by atoms with van der Waals surface area (Å²) in [7, 11) is -6.76. The van der Waals surface area contributed by atoms with Gasteiger partial charge in [-0.15, -0.1) is 0 Å². The number of sulfonamides is 1. The van der Waals surface area contributed by atoms with Crippen molar-refractivity contribution in [2.75, 3.05) is 15.8 Å². The number of amides is 1. The standard InChI is InChI=1S/C19H24N2O5S2/c1-4-13-27(23,24)21-17-9-7-16(8-10-17)20-19(22)15-5-11-18(12-6-15)28(25,26)14(2)3/h5-12,14,21H,4,13H2,1-3H3,(H,20,22). The molecule has 0 saturated heterocycles. The zero-order valence-electron chi connectivity index (χ0n) is 16.0. The molecule has 2 rings (SSSR count). The summed E-state index contributed by atoms with van der Waals surface area (Å²) < 4.78 is 50.2. The van der Waals surface area contributed by atoms with Crippen molar-refractivity contribution in [1.82, 2.24) is 0 Å². The molecule has 2 N–H and O–H groups in total. The molecule has 9 heteroatoms. The predicted octanol–water partition coefficient (Wildman–Crippen LogP) is 3.27. The third kappa shape index (κ3) is 5.56. The molecule has 0 saturated carbocycles. The fourth-order valence-electron chi connectivity index (χ4n) is 2.39. The third-order valence-corrected chi connectivity index (χ3v) is 7.62. The van der Waals surface area contributed by atoms with Crippen LogP contribution in [-0.2, 0) is 19.9 Å². The van der Waals surface area contributed by atoms with Gasteiger partial charge in [-0.2, -0.15) is 0 Å². The van der Waals surface area contributed by atoms with E-state index in [1.54, 1.807) is 45.0 Å². The summed E-state index contributed by atoms with van der Waals surface area (Å²) in [5, 5.41) is 2.15. The van der Waals surface area contributed by atoms with Gasteiger partial charge in [0.25, 0.3) is 5.91 Å². The number of carbonyl (C=O) groups is 1. The van der Waals surface area contributed by atoms with Crippen LogP contribution in [0.25, 0.3) is 0 Å². The Morgan fingerprint density at radius 2 is 1.43 bits per heavy atom. The second kappa shape index (κ2) is 8.74. The predicted molar refractivity (Wildman–Crippen MR) is 111 cm³/mol.